The van der Waals surface area contributed by atoms with Gasteiger partial charge >= 0.3 is 7.60 Å². The minimum absolute atomic E-state index is 0.0192. The van der Waals surface area contributed by atoms with Crippen LogP contribution in [0.25, 0.3) is 0 Å². The van der Waals surface area contributed by atoms with Gasteiger partial charge in [0.1, 0.15) is 0 Å². The van der Waals surface area contributed by atoms with E-state index in [-0.39, 0.29) is 5.41 Å². The molecule has 0 aliphatic rings. The maximum Gasteiger partial charge on any atom is 0.330 e. The first-order chi connectivity index (χ1) is 9.83. The molecule has 0 fully saturated rings. The van der Waals surface area contributed by atoms with Gasteiger partial charge in [-0.1, -0.05) is 73.1 Å². The highest BCUT2D eigenvalue weighted by atomic mass is 31.2. The van der Waals surface area contributed by atoms with Crippen molar-refractivity contribution in [2.75, 3.05) is 19.4 Å². The molecule has 0 rings (SSSR count). The standard InChI is InChI=1S/C17H37O3P/c1-6-8-10-11-12-13-14-19-21(18,15-9-7-2)20-16-17(3,4)5/h6-16H2,1-5H3. The summed E-state index contributed by atoms with van der Waals surface area (Å²) in [5.74, 6) is 0. The van der Waals surface area contributed by atoms with Crippen LogP contribution in [0.3, 0.4) is 0 Å². The van der Waals surface area contributed by atoms with Gasteiger partial charge in [0.25, 0.3) is 0 Å². The third-order valence-electron chi connectivity index (χ3n) is 3.27. The lowest BCUT2D eigenvalue weighted by atomic mass is 9.99. The second-order valence-electron chi connectivity index (χ2n) is 7.12. The van der Waals surface area contributed by atoms with Crippen LogP contribution in [0, 0.1) is 5.41 Å². The molecule has 21 heavy (non-hydrogen) atoms. The van der Waals surface area contributed by atoms with Crippen LogP contribution < -0.4 is 0 Å². The summed E-state index contributed by atoms with van der Waals surface area (Å²) >= 11 is 0. The lowest BCUT2D eigenvalue weighted by Crippen LogP contribution is -2.15. The van der Waals surface area contributed by atoms with Gasteiger partial charge in [0.2, 0.25) is 0 Å². The molecule has 1 atom stereocenters. The Morgan fingerprint density at radius 2 is 1.38 bits per heavy atom. The molecule has 0 aromatic carbocycles. The predicted molar refractivity (Wildman–Crippen MR) is 92.1 cm³/mol. The van der Waals surface area contributed by atoms with Gasteiger partial charge in [-0.2, -0.15) is 0 Å². The smallest absolute Gasteiger partial charge is 0.309 e. The molecule has 0 saturated carbocycles. The SMILES string of the molecule is CCCCCCCCOP(=O)(CCCC)OCC(C)(C)C. The van der Waals surface area contributed by atoms with E-state index in [1.807, 2.05) is 0 Å². The zero-order valence-corrected chi connectivity index (χ0v) is 15.8. The quantitative estimate of drug-likeness (QED) is 0.290. The van der Waals surface area contributed by atoms with Gasteiger partial charge in [0.15, 0.2) is 0 Å². The van der Waals surface area contributed by atoms with Gasteiger partial charge in [-0.3, -0.25) is 4.57 Å². The summed E-state index contributed by atoms with van der Waals surface area (Å²) in [6.45, 7) is 11.6. The van der Waals surface area contributed by atoms with Crippen LogP contribution in [0.5, 0.6) is 0 Å². The first-order valence-electron chi connectivity index (χ1n) is 8.71. The van der Waals surface area contributed by atoms with E-state index in [1.165, 1.54) is 25.7 Å². The Bertz CT molecular complexity index is 284. The van der Waals surface area contributed by atoms with E-state index in [4.69, 9.17) is 9.05 Å². The lowest BCUT2D eigenvalue weighted by molar-refractivity contribution is 0.149. The van der Waals surface area contributed by atoms with Crippen molar-refractivity contribution in [1.82, 2.24) is 0 Å². The van der Waals surface area contributed by atoms with Gasteiger partial charge < -0.3 is 9.05 Å². The second kappa shape index (κ2) is 11.7. The molecule has 3 nitrogen and oxygen atoms in total. The molecule has 0 bridgehead atoms. The van der Waals surface area contributed by atoms with E-state index < -0.39 is 7.60 Å². The van der Waals surface area contributed by atoms with Crippen LogP contribution in [0.4, 0.5) is 0 Å². The van der Waals surface area contributed by atoms with E-state index in [0.717, 1.165) is 25.7 Å². The first-order valence-corrected chi connectivity index (χ1v) is 10.4. The summed E-state index contributed by atoms with van der Waals surface area (Å²) in [6.07, 6.45) is 9.74. The number of hydrogen-bond donors (Lipinski definition) is 0. The topological polar surface area (TPSA) is 35.5 Å². The molecule has 0 saturated heterocycles. The van der Waals surface area contributed by atoms with Crippen molar-refractivity contribution in [3.05, 3.63) is 0 Å². The molecule has 0 spiro atoms. The maximum absolute atomic E-state index is 12.7. The molecule has 0 N–H and O–H groups in total. The first kappa shape index (κ1) is 21.1. The zero-order chi connectivity index (χ0) is 16.2. The van der Waals surface area contributed by atoms with Crippen LogP contribution in [0.1, 0.15) is 86.0 Å². The Labute approximate surface area is 132 Å². The van der Waals surface area contributed by atoms with Gasteiger partial charge in [0.05, 0.1) is 19.4 Å². The molecule has 0 aliphatic heterocycles. The van der Waals surface area contributed by atoms with Gasteiger partial charge in [0, 0.05) is 0 Å². The summed E-state index contributed by atoms with van der Waals surface area (Å²) in [4.78, 5) is 0. The summed E-state index contributed by atoms with van der Waals surface area (Å²) in [5.41, 5.74) is 0.0192. The number of rotatable bonds is 13. The van der Waals surface area contributed by atoms with E-state index in [2.05, 4.69) is 34.6 Å². The third-order valence-corrected chi connectivity index (χ3v) is 5.23. The van der Waals surface area contributed by atoms with Gasteiger partial charge in [-0.15, -0.1) is 0 Å². The van der Waals surface area contributed by atoms with E-state index in [1.54, 1.807) is 0 Å². The molecule has 4 heteroatoms. The van der Waals surface area contributed by atoms with Gasteiger partial charge in [-0.25, -0.2) is 0 Å². The van der Waals surface area contributed by atoms with Crippen LogP contribution >= 0.6 is 7.60 Å². The fourth-order valence-electron chi connectivity index (χ4n) is 1.90. The largest absolute Gasteiger partial charge is 0.330 e. The predicted octanol–water partition coefficient (Wildman–Crippen LogP) is 6.42. The maximum atomic E-state index is 12.7. The second-order valence-corrected chi connectivity index (χ2v) is 9.31. The highest BCUT2D eigenvalue weighted by Gasteiger charge is 2.26. The van der Waals surface area contributed by atoms with Crippen molar-refractivity contribution < 1.29 is 13.6 Å². The summed E-state index contributed by atoms with van der Waals surface area (Å²) in [5, 5.41) is 0. The highest BCUT2D eigenvalue weighted by Crippen LogP contribution is 2.50. The molecular formula is C17H37O3P. The van der Waals surface area contributed by atoms with E-state index >= 15 is 0 Å². The van der Waals surface area contributed by atoms with Crippen molar-refractivity contribution >= 4 is 7.60 Å². The molecule has 0 radical (unpaired) electrons. The normalized spacial score (nSPS) is 15.1. The number of hydrogen-bond acceptors (Lipinski definition) is 3. The van der Waals surface area contributed by atoms with Crippen molar-refractivity contribution in [1.29, 1.82) is 0 Å². The Hall–Kier alpha value is 0.150. The fourth-order valence-corrected chi connectivity index (χ4v) is 3.92. The Morgan fingerprint density at radius 1 is 0.810 bits per heavy atom. The molecule has 0 aliphatic carbocycles. The van der Waals surface area contributed by atoms with E-state index in [0.29, 0.717) is 19.4 Å². The van der Waals surface area contributed by atoms with Crippen LogP contribution in [0.15, 0.2) is 0 Å². The zero-order valence-electron chi connectivity index (χ0n) is 15.0. The van der Waals surface area contributed by atoms with Crippen LogP contribution in [0.2, 0.25) is 0 Å². The third kappa shape index (κ3) is 13.5. The minimum atomic E-state index is -2.89. The van der Waals surface area contributed by atoms with Crippen LogP contribution in [-0.4, -0.2) is 19.4 Å². The average molecular weight is 320 g/mol. The molecule has 0 heterocycles. The molecule has 0 aromatic heterocycles. The monoisotopic (exact) mass is 320 g/mol. The lowest BCUT2D eigenvalue weighted by Gasteiger charge is -2.24. The van der Waals surface area contributed by atoms with Crippen molar-refractivity contribution in [2.45, 2.75) is 86.0 Å². The number of unbranched alkanes of at least 4 members (excludes halogenated alkanes) is 6. The molecular weight excluding hydrogens is 283 g/mol. The van der Waals surface area contributed by atoms with Gasteiger partial charge in [-0.05, 0) is 18.3 Å². The summed E-state index contributed by atoms with van der Waals surface area (Å²) in [6, 6.07) is 0. The van der Waals surface area contributed by atoms with E-state index in [9.17, 15) is 4.57 Å². The summed E-state index contributed by atoms with van der Waals surface area (Å²) in [7, 11) is -2.89. The fraction of sp³-hybridized carbons (Fsp3) is 1.00. The highest BCUT2D eigenvalue weighted by molar-refractivity contribution is 7.53. The van der Waals surface area contributed by atoms with Crippen molar-refractivity contribution in [3.63, 3.8) is 0 Å². The molecule has 1 unspecified atom stereocenters. The molecule has 0 amide bonds. The Kier molecular flexibility index (Phi) is 11.8. The van der Waals surface area contributed by atoms with Crippen LogP contribution in [-0.2, 0) is 13.6 Å². The minimum Gasteiger partial charge on any atom is -0.309 e. The average Bonchev–Trinajstić information content (AvgIpc) is 2.42. The Balaban J connectivity index is 4.02. The van der Waals surface area contributed by atoms with Crippen molar-refractivity contribution in [3.8, 4) is 0 Å². The Morgan fingerprint density at radius 3 is 1.95 bits per heavy atom. The van der Waals surface area contributed by atoms with Crippen molar-refractivity contribution in [2.24, 2.45) is 5.41 Å². The molecule has 128 valence electrons. The molecule has 0 aromatic rings. The summed E-state index contributed by atoms with van der Waals surface area (Å²) < 4.78 is 24.1.